The Kier molecular flexibility index (Phi) is 7.40. The van der Waals surface area contributed by atoms with E-state index in [-0.39, 0.29) is 13.2 Å². The molecule has 0 fully saturated rings. The summed E-state index contributed by atoms with van der Waals surface area (Å²) in [4.78, 5) is 30.3. The molecular formula is C28H24N6O4. The van der Waals surface area contributed by atoms with Crippen molar-refractivity contribution in [3.05, 3.63) is 96.3 Å². The maximum atomic E-state index is 12.0. The van der Waals surface area contributed by atoms with Gasteiger partial charge in [-0.25, -0.2) is 10.9 Å². The highest BCUT2D eigenvalue weighted by molar-refractivity contribution is 5.90. The van der Waals surface area contributed by atoms with E-state index in [1.165, 1.54) is 0 Å². The Bertz CT molecular complexity index is 1500. The molecular weight excluding hydrogens is 484 g/mol. The van der Waals surface area contributed by atoms with Crippen LogP contribution in [0.25, 0.3) is 21.8 Å². The molecule has 10 heteroatoms. The molecule has 0 unspecified atom stereocenters. The predicted octanol–water partition coefficient (Wildman–Crippen LogP) is 3.71. The average Bonchev–Trinajstić information content (AvgIpc) is 3.60. The maximum absolute atomic E-state index is 12.0. The summed E-state index contributed by atoms with van der Waals surface area (Å²) >= 11 is 0. The molecule has 0 atom stereocenters. The predicted molar refractivity (Wildman–Crippen MR) is 146 cm³/mol. The number of hydrogen-bond donors (Lipinski definition) is 4. The third-order valence-electron chi connectivity index (χ3n) is 5.53. The number of H-pyrrole nitrogens is 2. The first kappa shape index (κ1) is 24.3. The minimum absolute atomic E-state index is 0.204. The molecule has 2 aromatic heterocycles. The van der Waals surface area contributed by atoms with Crippen molar-refractivity contribution in [2.24, 2.45) is 10.2 Å². The Morgan fingerprint density at radius 3 is 1.55 bits per heavy atom. The first-order valence-corrected chi connectivity index (χ1v) is 11.8. The van der Waals surface area contributed by atoms with Gasteiger partial charge in [-0.05, 0) is 70.4 Å². The minimum atomic E-state index is -0.396. The van der Waals surface area contributed by atoms with E-state index < -0.39 is 11.8 Å². The lowest BCUT2D eigenvalue weighted by molar-refractivity contribution is -0.123. The highest BCUT2D eigenvalue weighted by atomic mass is 16.5. The van der Waals surface area contributed by atoms with Crippen LogP contribution in [0.1, 0.15) is 11.1 Å². The molecule has 190 valence electrons. The van der Waals surface area contributed by atoms with Crippen LogP contribution in [0, 0.1) is 0 Å². The highest BCUT2D eigenvalue weighted by Crippen LogP contribution is 2.17. The van der Waals surface area contributed by atoms with E-state index in [9.17, 15) is 9.59 Å². The molecule has 10 nitrogen and oxygen atoms in total. The second kappa shape index (κ2) is 11.6. The summed E-state index contributed by atoms with van der Waals surface area (Å²) in [5.41, 5.74) is 8.56. The molecule has 0 aliphatic carbocycles. The van der Waals surface area contributed by atoms with Gasteiger partial charge in [0.25, 0.3) is 11.8 Å². The number of hydrogen-bond acceptors (Lipinski definition) is 6. The Morgan fingerprint density at radius 2 is 1.11 bits per heavy atom. The summed E-state index contributed by atoms with van der Waals surface area (Å²) in [6, 6.07) is 22.2. The summed E-state index contributed by atoms with van der Waals surface area (Å²) in [6.45, 7) is -0.408. The Balaban J connectivity index is 1.01. The Hall–Kier alpha value is -5.38. The van der Waals surface area contributed by atoms with Crippen LogP contribution < -0.4 is 20.3 Å². The fraction of sp³-hybridized carbons (Fsp3) is 0.0714. The van der Waals surface area contributed by atoms with Gasteiger partial charge in [-0.15, -0.1) is 0 Å². The molecule has 38 heavy (non-hydrogen) atoms. The normalized spacial score (nSPS) is 11.4. The number of nitrogens with one attached hydrogen (secondary N) is 4. The van der Waals surface area contributed by atoms with Crippen molar-refractivity contribution in [1.82, 2.24) is 20.8 Å². The molecule has 3 aromatic carbocycles. The van der Waals surface area contributed by atoms with Crippen molar-refractivity contribution in [1.29, 1.82) is 0 Å². The largest absolute Gasteiger partial charge is 0.484 e. The van der Waals surface area contributed by atoms with Crippen LogP contribution in [-0.4, -0.2) is 47.4 Å². The van der Waals surface area contributed by atoms with E-state index in [4.69, 9.17) is 9.47 Å². The zero-order chi connectivity index (χ0) is 26.2. The number of aromatic nitrogens is 2. The molecule has 0 spiro atoms. The van der Waals surface area contributed by atoms with Gasteiger partial charge >= 0.3 is 0 Å². The van der Waals surface area contributed by atoms with Crippen molar-refractivity contribution >= 4 is 46.0 Å². The van der Waals surface area contributed by atoms with Crippen molar-refractivity contribution in [3.63, 3.8) is 0 Å². The van der Waals surface area contributed by atoms with Gasteiger partial charge in [0.15, 0.2) is 13.2 Å². The summed E-state index contributed by atoms with van der Waals surface area (Å²) in [6.07, 6.45) is 6.86. The molecule has 0 aliphatic heterocycles. The van der Waals surface area contributed by atoms with Gasteiger partial charge in [0.2, 0.25) is 0 Å². The van der Waals surface area contributed by atoms with E-state index >= 15 is 0 Å². The van der Waals surface area contributed by atoms with Crippen molar-refractivity contribution < 1.29 is 19.1 Å². The number of ether oxygens (including phenoxy) is 2. The van der Waals surface area contributed by atoms with E-state index in [1.54, 1.807) is 36.7 Å². The van der Waals surface area contributed by atoms with Crippen molar-refractivity contribution in [2.45, 2.75) is 0 Å². The molecule has 5 aromatic rings. The number of rotatable bonds is 10. The number of carbonyl (C=O) groups excluding carboxylic acids is 2. The van der Waals surface area contributed by atoms with Gasteiger partial charge in [-0.1, -0.05) is 24.3 Å². The van der Waals surface area contributed by atoms with Gasteiger partial charge < -0.3 is 19.4 Å². The van der Waals surface area contributed by atoms with E-state index in [0.29, 0.717) is 11.5 Å². The molecule has 0 bridgehead atoms. The minimum Gasteiger partial charge on any atom is -0.484 e. The van der Waals surface area contributed by atoms with Crippen LogP contribution >= 0.6 is 0 Å². The molecule has 0 radical (unpaired) electrons. The summed E-state index contributed by atoms with van der Waals surface area (Å²) in [7, 11) is 0. The molecule has 2 amide bonds. The zero-order valence-electron chi connectivity index (χ0n) is 20.2. The van der Waals surface area contributed by atoms with Gasteiger partial charge in [0.05, 0.1) is 12.4 Å². The van der Waals surface area contributed by atoms with E-state index in [0.717, 1.165) is 32.9 Å². The molecule has 0 saturated heterocycles. The molecule has 0 saturated carbocycles. The lowest BCUT2D eigenvalue weighted by atomic mass is 10.2. The highest BCUT2D eigenvalue weighted by Gasteiger charge is 2.05. The Morgan fingerprint density at radius 1 is 0.658 bits per heavy atom. The number of aromatic amines is 2. The third kappa shape index (κ3) is 6.43. The molecule has 0 aliphatic rings. The lowest BCUT2D eigenvalue weighted by Gasteiger charge is -2.08. The number of nitrogens with zero attached hydrogens (tertiary/aromatic N) is 2. The average molecular weight is 509 g/mol. The van der Waals surface area contributed by atoms with E-state index in [1.807, 2.05) is 60.9 Å². The number of fused-ring (bicyclic) bond motifs is 2. The molecule has 5 rings (SSSR count). The third-order valence-corrected chi connectivity index (χ3v) is 5.53. The van der Waals surface area contributed by atoms with Crippen LogP contribution in [0.15, 0.2) is 95.4 Å². The van der Waals surface area contributed by atoms with Crippen LogP contribution in [0.2, 0.25) is 0 Å². The quantitative estimate of drug-likeness (QED) is 0.169. The van der Waals surface area contributed by atoms with Crippen LogP contribution in [0.4, 0.5) is 0 Å². The zero-order valence-corrected chi connectivity index (χ0v) is 20.2. The van der Waals surface area contributed by atoms with Gasteiger partial charge in [-0.2, -0.15) is 10.2 Å². The van der Waals surface area contributed by atoms with Crippen molar-refractivity contribution in [2.75, 3.05) is 13.2 Å². The number of hydrazone groups is 2. The number of benzene rings is 3. The summed E-state index contributed by atoms with van der Waals surface area (Å²) in [5.74, 6) is 0.156. The van der Waals surface area contributed by atoms with Crippen LogP contribution in [0.3, 0.4) is 0 Å². The van der Waals surface area contributed by atoms with Crippen LogP contribution in [-0.2, 0) is 9.59 Å². The standard InChI is InChI=1S/C28H24N6O4/c35-27(33-31-15-19-1-3-21-9-11-29-25(21)13-19)17-37-23-5-7-24(8-6-23)38-18-28(36)34-32-16-20-2-4-22-10-12-30-26(22)14-20/h1-16,29-30H,17-18H2,(H,33,35)(H,34,36)/b31-15+,32-16+. The second-order valence-electron chi connectivity index (χ2n) is 8.28. The monoisotopic (exact) mass is 508 g/mol. The first-order valence-electron chi connectivity index (χ1n) is 11.8. The lowest BCUT2D eigenvalue weighted by Crippen LogP contribution is -2.25. The van der Waals surface area contributed by atoms with Gasteiger partial charge in [0.1, 0.15) is 11.5 Å². The summed E-state index contributed by atoms with van der Waals surface area (Å²) in [5, 5.41) is 10.1. The maximum Gasteiger partial charge on any atom is 0.277 e. The van der Waals surface area contributed by atoms with E-state index in [2.05, 4.69) is 31.0 Å². The topological polar surface area (TPSA) is 133 Å². The van der Waals surface area contributed by atoms with Crippen molar-refractivity contribution in [3.8, 4) is 11.5 Å². The number of amides is 2. The first-order chi connectivity index (χ1) is 18.6. The Labute approximate surface area is 217 Å². The smallest absolute Gasteiger partial charge is 0.277 e. The van der Waals surface area contributed by atoms with Crippen LogP contribution in [0.5, 0.6) is 11.5 Å². The number of carbonyl (C=O) groups is 2. The molecule has 2 heterocycles. The SMILES string of the molecule is O=C(COc1ccc(OCC(=O)N/N=C/c2ccc3cc[nH]c3c2)cc1)N/N=C/c1ccc2cc[nH]c2c1. The fourth-order valence-corrected chi connectivity index (χ4v) is 3.64. The molecule has 4 N–H and O–H groups in total. The second-order valence-corrected chi connectivity index (χ2v) is 8.28. The van der Waals surface area contributed by atoms with Gasteiger partial charge in [-0.3, -0.25) is 9.59 Å². The fourth-order valence-electron chi connectivity index (χ4n) is 3.64. The van der Waals surface area contributed by atoms with Gasteiger partial charge in [0, 0.05) is 23.4 Å². The summed E-state index contributed by atoms with van der Waals surface area (Å²) < 4.78 is 10.9.